The van der Waals surface area contributed by atoms with Crippen molar-refractivity contribution in [2.24, 2.45) is 13.0 Å². The Morgan fingerprint density at radius 2 is 2.22 bits per heavy atom. The summed E-state index contributed by atoms with van der Waals surface area (Å²) in [5, 5.41) is 8.14. The number of nitrogens with zero attached hydrogens (tertiary/aromatic N) is 3. The highest BCUT2D eigenvalue weighted by Crippen LogP contribution is 2.26. The van der Waals surface area contributed by atoms with Crippen LogP contribution in [0.1, 0.15) is 32.9 Å². The Balaban J connectivity index is 2.07. The number of hydrogen-bond acceptors (Lipinski definition) is 3. The van der Waals surface area contributed by atoms with E-state index in [2.05, 4.69) is 42.3 Å². The zero-order valence-corrected chi connectivity index (χ0v) is 12.1. The van der Waals surface area contributed by atoms with Gasteiger partial charge >= 0.3 is 0 Å². The lowest BCUT2D eigenvalue weighted by atomic mass is 9.93. The average molecular weight is 250 g/mol. The van der Waals surface area contributed by atoms with Crippen LogP contribution in [0.15, 0.2) is 6.20 Å². The third kappa shape index (κ3) is 2.69. The molecule has 0 aromatic carbocycles. The minimum absolute atomic E-state index is 0.674. The van der Waals surface area contributed by atoms with Crippen LogP contribution < -0.4 is 10.2 Å². The average Bonchev–Trinajstić information content (AvgIpc) is 2.73. The van der Waals surface area contributed by atoms with Gasteiger partial charge in [-0.05, 0) is 25.3 Å². The monoisotopic (exact) mass is 250 g/mol. The normalized spacial score (nSPS) is 24.6. The maximum Gasteiger partial charge on any atom is 0.0855 e. The van der Waals surface area contributed by atoms with Gasteiger partial charge < -0.3 is 10.2 Å². The number of piperidine rings is 1. The van der Waals surface area contributed by atoms with Gasteiger partial charge in [0.2, 0.25) is 0 Å². The van der Waals surface area contributed by atoms with Crippen molar-refractivity contribution in [3.05, 3.63) is 11.9 Å². The Bertz CT molecular complexity index is 385. The molecule has 1 aliphatic rings. The summed E-state index contributed by atoms with van der Waals surface area (Å²) >= 11 is 0. The maximum absolute atomic E-state index is 4.54. The Morgan fingerprint density at radius 1 is 1.44 bits per heavy atom. The van der Waals surface area contributed by atoms with Crippen LogP contribution in [-0.4, -0.2) is 35.5 Å². The largest absolute Gasteiger partial charge is 0.368 e. The Morgan fingerprint density at radius 3 is 2.83 bits per heavy atom. The number of nitrogens with one attached hydrogen (secondary N) is 1. The topological polar surface area (TPSA) is 33.1 Å². The van der Waals surface area contributed by atoms with Gasteiger partial charge in [-0.2, -0.15) is 5.10 Å². The summed E-state index contributed by atoms with van der Waals surface area (Å²) in [6.07, 6.45) is 4.41. The van der Waals surface area contributed by atoms with E-state index >= 15 is 0 Å². The predicted molar refractivity (Wildman–Crippen MR) is 76.0 cm³/mol. The van der Waals surface area contributed by atoms with Crippen molar-refractivity contribution >= 4 is 5.69 Å². The van der Waals surface area contributed by atoms with E-state index in [-0.39, 0.29) is 0 Å². The Hall–Kier alpha value is -1.03. The van der Waals surface area contributed by atoms with E-state index in [1.807, 2.05) is 11.7 Å². The van der Waals surface area contributed by atoms with E-state index in [0.29, 0.717) is 12.0 Å². The zero-order chi connectivity index (χ0) is 13.1. The molecule has 0 saturated carbocycles. The number of aromatic nitrogens is 2. The molecular formula is C14H26N4. The molecule has 1 aliphatic heterocycles. The quantitative estimate of drug-likeness (QED) is 0.884. The van der Waals surface area contributed by atoms with Gasteiger partial charge in [0.05, 0.1) is 11.4 Å². The van der Waals surface area contributed by atoms with Crippen molar-refractivity contribution in [1.82, 2.24) is 15.1 Å². The van der Waals surface area contributed by atoms with Crippen LogP contribution in [0.4, 0.5) is 5.69 Å². The SMILES string of the molecule is CCNC1CCN(c2cn(C)nc2CC)CC1C. The molecule has 0 spiro atoms. The van der Waals surface area contributed by atoms with Crippen LogP contribution >= 0.6 is 0 Å². The highest BCUT2D eigenvalue weighted by atomic mass is 15.3. The fourth-order valence-corrected chi connectivity index (χ4v) is 2.97. The Kier molecular flexibility index (Phi) is 4.27. The first-order valence-corrected chi connectivity index (χ1v) is 7.16. The molecule has 1 aromatic rings. The van der Waals surface area contributed by atoms with Gasteiger partial charge in [0.15, 0.2) is 0 Å². The third-order valence-corrected chi connectivity index (χ3v) is 3.93. The van der Waals surface area contributed by atoms with E-state index in [0.717, 1.165) is 26.1 Å². The summed E-state index contributed by atoms with van der Waals surface area (Å²) in [5.41, 5.74) is 2.56. The first-order valence-electron chi connectivity index (χ1n) is 7.16. The van der Waals surface area contributed by atoms with Gasteiger partial charge in [0.25, 0.3) is 0 Å². The fraction of sp³-hybridized carbons (Fsp3) is 0.786. The standard InChI is InChI=1S/C14H26N4/c1-5-12-14(10-17(4)16-12)18-8-7-13(15-6-2)11(3)9-18/h10-11,13,15H,5-9H2,1-4H3. The molecule has 1 N–H and O–H groups in total. The molecule has 2 heterocycles. The van der Waals surface area contributed by atoms with E-state index in [1.54, 1.807) is 0 Å². The van der Waals surface area contributed by atoms with Gasteiger partial charge in [-0.25, -0.2) is 0 Å². The minimum atomic E-state index is 0.674. The molecule has 18 heavy (non-hydrogen) atoms. The van der Waals surface area contributed by atoms with Crippen molar-refractivity contribution < 1.29 is 0 Å². The number of aryl methyl sites for hydroxylation is 2. The molecule has 0 aliphatic carbocycles. The molecule has 0 amide bonds. The van der Waals surface area contributed by atoms with Gasteiger partial charge in [0.1, 0.15) is 0 Å². The highest BCUT2D eigenvalue weighted by Gasteiger charge is 2.27. The fourth-order valence-electron chi connectivity index (χ4n) is 2.97. The number of rotatable bonds is 4. The summed E-state index contributed by atoms with van der Waals surface area (Å²) in [6.45, 7) is 10.1. The van der Waals surface area contributed by atoms with Crippen LogP contribution in [-0.2, 0) is 13.5 Å². The van der Waals surface area contributed by atoms with Crippen LogP contribution in [0.2, 0.25) is 0 Å². The molecule has 2 atom stereocenters. The van der Waals surface area contributed by atoms with Crippen molar-refractivity contribution in [3.8, 4) is 0 Å². The van der Waals surface area contributed by atoms with Crippen LogP contribution in [0.25, 0.3) is 0 Å². The first kappa shape index (κ1) is 13.4. The first-order chi connectivity index (χ1) is 8.65. The van der Waals surface area contributed by atoms with E-state index in [9.17, 15) is 0 Å². The lowest BCUT2D eigenvalue weighted by Crippen LogP contribution is -2.48. The second-order valence-corrected chi connectivity index (χ2v) is 5.36. The van der Waals surface area contributed by atoms with Gasteiger partial charge in [-0.1, -0.05) is 20.8 Å². The molecule has 102 valence electrons. The van der Waals surface area contributed by atoms with Gasteiger partial charge in [0, 0.05) is 32.4 Å². The van der Waals surface area contributed by atoms with E-state index in [1.165, 1.54) is 17.8 Å². The summed E-state index contributed by atoms with van der Waals surface area (Å²) in [5.74, 6) is 0.698. The van der Waals surface area contributed by atoms with E-state index in [4.69, 9.17) is 0 Å². The lowest BCUT2D eigenvalue weighted by Gasteiger charge is -2.38. The second-order valence-electron chi connectivity index (χ2n) is 5.36. The number of anilines is 1. The van der Waals surface area contributed by atoms with Crippen LogP contribution in [0.3, 0.4) is 0 Å². The van der Waals surface area contributed by atoms with Gasteiger partial charge in [-0.15, -0.1) is 0 Å². The molecule has 1 saturated heterocycles. The van der Waals surface area contributed by atoms with Crippen molar-refractivity contribution in [3.63, 3.8) is 0 Å². The van der Waals surface area contributed by atoms with Gasteiger partial charge in [-0.3, -0.25) is 4.68 Å². The van der Waals surface area contributed by atoms with Crippen molar-refractivity contribution in [2.45, 2.75) is 39.7 Å². The Labute approximate surface area is 110 Å². The maximum atomic E-state index is 4.54. The summed E-state index contributed by atoms with van der Waals surface area (Å²) in [6, 6.07) is 0.674. The summed E-state index contributed by atoms with van der Waals surface area (Å²) in [4.78, 5) is 2.50. The van der Waals surface area contributed by atoms with Crippen LogP contribution in [0.5, 0.6) is 0 Å². The summed E-state index contributed by atoms with van der Waals surface area (Å²) in [7, 11) is 2.01. The molecule has 4 heteroatoms. The molecule has 2 rings (SSSR count). The molecule has 4 nitrogen and oxygen atoms in total. The molecular weight excluding hydrogens is 224 g/mol. The van der Waals surface area contributed by atoms with Crippen LogP contribution in [0, 0.1) is 5.92 Å². The molecule has 1 aromatic heterocycles. The molecule has 0 radical (unpaired) electrons. The highest BCUT2D eigenvalue weighted by molar-refractivity contribution is 5.50. The predicted octanol–water partition coefficient (Wildman–Crippen LogP) is 1.81. The zero-order valence-electron chi connectivity index (χ0n) is 12.1. The smallest absolute Gasteiger partial charge is 0.0855 e. The molecule has 1 fully saturated rings. The van der Waals surface area contributed by atoms with Crippen molar-refractivity contribution in [1.29, 1.82) is 0 Å². The molecule has 2 unspecified atom stereocenters. The third-order valence-electron chi connectivity index (χ3n) is 3.93. The lowest BCUT2D eigenvalue weighted by molar-refractivity contribution is 0.326. The summed E-state index contributed by atoms with van der Waals surface area (Å²) < 4.78 is 1.94. The minimum Gasteiger partial charge on any atom is -0.368 e. The second kappa shape index (κ2) is 5.74. The molecule has 0 bridgehead atoms. The van der Waals surface area contributed by atoms with E-state index < -0.39 is 0 Å². The number of hydrogen-bond donors (Lipinski definition) is 1. The van der Waals surface area contributed by atoms with Crippen molar-refractivity contribution in [2.75, 3.05) is 24.5 Å².